The molecule has 0 heterocycles. The molecule has 0 fully saturated rings. The Morgan fingerprint density at radius 2 is 1.30 bits per heavy atom. The molecule has 0 unspecified atom stereocenters. The minimum atomic E-state index is -0.193. The van der Waals surface area contributed by atoms with Crippen LogP contribution in [0.4, 0.5) is 0 Å². The van der Waals surface area contributed by atoms with Crippen LogP contribution in [-0.4, -0.2) is 12.2 Å². The Morgan fingerprint density at radius 3 is 1.93 bits per heavy atom. The van der Waals surface area contributed by atoms with Gasteiger partial charge in [0, 0.05) is 0 Å². The zero-order valence-corrected chi connectivity index (χ0v) is 16.2. The van der Waals surface area contributed by atoms with Gasteiger partial charge in [-0.3, -0.25) is 0 Å². The Hall–Kier alpha value is -3.00. The number of hydrogen-bond donors (Lipinski definition) is 0. The Labute approximate surface area is 162 Å². The normalized spacial score (nSPS) is 11.5. The molecule has 0 aromatic heterocycles. The maximum atomic E-state index is 5.81. The number of rotatable bonds is 6. The second kappa shape index (κ2) is 8.59. The third-order valence-corrected chi connectivity index (χ3v) is 3.92. The third-order valence-electron chi connectivity index (χ3n) is 3.92. The Bertz CT molecular complexity index is 855. The van der Waals surface area contributed by atoms with Crippen molar-refractivity contribution in [3.63, 3.8) is 0 Å². The number of benzene rings is 3. The van der Waals surface area contributed by atoms with Crippen LogP contribution in [0.25, 0.3) is 17.2 Å². The molecule has 0 amide bonds. The van der Waals surface area contributed by atoms with Crippen molar-refractivity contribution < 1.29 is 9.47 Å². The molecule has 27 heavy (non-hydrogen) atoms. The lowest BCUT2D eigenvalue weighted by Crippen LogP contribution is -2.22. The van der Waals surface area contributed by atoms with Gasteiger partial charge in [0.05, 0.1) is 0 Å². The molecule has 0 aliphatic heterocycles. The van der Waals surface area contributed by atoms with E-state index in [1.165, 1.54) is 11.1 Å². The van der Waals surface area contributed by atoms with Gasteiger partial charge in [-0.2, -0.15) is 0 Å². The molecule has 3 aromatic rings. The van der Waals surface area contributed by atoms with Crippen LogP contribution in [0.15, 0.2) is 84.9 Å². The SMILES string of the molecule is CC(C)(C)Oc1ccc(OC/C=C/c2ccc(-c3ccccc3)cc2)cc1. The molecule has 2 heteroatoms. The van der Waals surface area contributed by atoms with E-state index in [0.717, 1.165) is 17.1 Å². The monoisotopic (exact) mass is 358 g/mol. The molecule has 0 N–H and O–H groups in total. The van der Waals surface area contributed by atoms with Crippen molar-refractivity contribution in [2.24, 2.45) is 0 Å². The summed E-state index contributed by atoms with van der Waals surface area (Å²) in [5, 5.41) is 0. The van der Waals surface area contributed by atoms with E-state index >= 15 is 0 Å². The molecule has 2 nitrogen and oxygen atoms in total. The first kappa shape index (κ1) is 18.8. The molecule has 0 atom stereocenters. The van der Waals surface area contributed by atoms with Gasteiger partial charge in [-0.1, -0.05) is 60.7 Å². The Kier molecular flexibility index (Phi) is 5.97. The summed E-state index contributed by atoms with van der Waals surface area (Å²) < 4.78 is 11.6. The average molecular weight is 358 g/mol. The zero-order chi connectivity index (χ0) is 19.1. The molecular formula is C25H26O2. The van der Waals surface area contributed by atoms with Crippen LogP contribution in [0.2, 0.25) is 0 Å². The Morgan fingerprint density at radius 1 is 0.704 bits per heavy atom. The van der Waals surface area contributed by atoms with E-state index in [0.29, 0.717) is 6.61 Å². The molecular weight excluding hydrogens is 332 g/mol. The predicted molar refractivity (Wildman–Crippen MR) is 113 cm³/mol. The predicted octanol–water partition coefficient (Wildman–Crippen LogP) is 6.62. The first-order chi connectivity index (χ1) is 13.0. The van der Waals surface area contributed by atoms with E-state index in [9.17, 15) is 0 Å². The summed E-state index contributed by atoms with van der Waals surface area (Å²) in [5.74, 6) is 1.68. The standard InChI is InChI=1S/C25H26O2/c1-25(2,3)27-24-17-15-23(16-18-24)26-19-7-8-20-11-13-22(14-12-20)21-9-5-4-6-10-21/h4-18H,19H2,1-3H3/b8-7+. The van der Waals surface area contributed by atoms with Crippen molar-refractivity contribution >= 4 is 6.08 Å². The summed E-state index contributed by atoms with van der Waals surface area (Å²) >= 11 is 0. The van der Waals surface area contributed by atoms with Crippen molar-refractivity contribution in [3.05, 3.63) is 90.5 Å². The molecule has 0 bridgehead atoms. The van der Waals surface area contributed by atoms with Gasteiger partial charge in [-0.15, -0.1) is 0 Å². The molecule has 3 aromatic carbocycles. The van der Waals surface area contributed by atoms with Crippen molar-refractivity contribution in [2.45, 2.75) is 26.4 Å². The van der Waals surface area contributed by atoms with Crippen LogP contribution in [0.5, 0.6) is 11.5 Å². The highest BCUT2D eigenvalue weighted by Crippen LogP contribution is 2.22. The topological polar surface area (TPSA) is 18.5 Å². The maximum Gasteiger partial charge on any atom is 0.120 e. The lowest BCUT2D eigenvalue weighted by Gasteiger charge is -2.21. The van der Waals surface area contributed by atoms with Crippen LogP contribution in [0.1, 0.15) is 26.3 Å². The van der Waals surface area contributed by atoms with Crippen LogP contribution in [0.3, 0.4) is 0 Å². The molecule has 0 saturated heterocycles. The zero-order valence-electron chi connectivity index (χ0n) is 16.2. The van der Waals surface area contributed by atoms with Crippen LogP contribution >= 0.6 is 0 Å². The highest BCUT2D eigenvalue weighted by Gasteiger charge is 2.11. The Balaban J connectivity index is 1.51. The quantitative estimate of drug-likeness (QED) is 0.493. The number of ether oxygens (including phenoxy) is 2. The highest BCUT2D eigenvalue weighted by molar-refractivity contribution is 5.65. The van der Waals surface area contributed by atoms with Gasteiger partial charge in [-0.25, -0.2) is 0 Å². The number of hydrogen-bond acceptors (Lipinski definition) is 2. The third kappa shape index (κ3) is 6.03. The molecule has 0 saturated carbocycles. The summed E-state index contributed by atoms with van der Waals surface area (Å²) in [7, 11) is 0. The molecule has 0 aliphatic carbocycles. The highest BCUT2D eigenvalue weighted by atomic mass is 16.5. The molecule has 0 spiro atoms. The van der Waals surface area contributed by atoms with E-state index < -0.39 is 0 Å². The summed E-state index contributed by atoms with van der Waals surface area (Å²) in [4.78, 5) is 0. The minimum absolute atomic E-state index is 0.193. The second-order valence-electron chi connectivity index (χ2n) is 7.39. The van der Waals surface area contributed by atoms with Gasteiger partial charge >= 0.3 is 0 Å². The van der Waals surface area contributed by atoms with Crippen LogP contribution < -0.4 is 9.47 Å². The van der Waals surface area contributed by atoms with Crippen LogP contribution in [-0.2, 0) is 0 Å². The van der Waals surface area contributed by atoms with Gasteiger partial charge in [0.15, 0.2) is 0 Å². The van der Waals surface area contributed by atoms with Gasteiger partial charge in [-0.05, 0) is 67.8 Å². The summed E-state index contributed by atoms with van der Waals surface area (Å²) in [6.45, 7) is 6.64. The first-order valence-corrected chi connectivity index (χ1v) is 9.23. The van der Waals surface area contributed by atoms with Gasteiger partial charge < -0.3 is 9.47 Å². The fraction of sp³-hybridized carbons (Fsp3) is 0.200. The average Bonchev–Trinajstić information content (AvgIpc) is 2.66. The van der Waals surface area contributed by atoms with E-state index in [1.54, 1.807) is 0 Å². The minimum Gasteiger partial charge on any atom is -0.490 e. The van der Waals surface area contributed by atoms with E-state index in [4.69, 9.17) is 9.47 Å². The molecule has 0 radical (unpaired) electrons. The maximum absolute atomic E-state index is 5.81. The smallest absolute Gasteiger partial charge is 0.120 e. The second-order valence-corrected chi connectivity index (χ2v) is 7.39. The van der Waals surface area contributed by atoms with E-state index in [-0.39, 0.29) is 5.60 Å². The van der Waals surface area contributed by atoms with Gasteiger partial charge in [0.2, 0.25) is 0 Å². The lowest BCUT2D eigenvalue weighted by atomic mass is 10.0. The van der Waals surface area contributed by atoms with Crippen molar-refractivity contribution in [2.75, 3.05) is 6.61 Å². The summed E-state index contributed by atoms with van der Waals surface area (Å²) in [6.07, 6.45) is 4.10. The van der Waals surface area contributed by atoms with E-state index in [1.807, 2.05) is 57.2 Å². The molecule has 138 valence electrons. The summed E-state index contributed by atoms with van der Waals surface area (Å²) in [6, 6.07) is 26.7. The summed E-state index contributed by atoms with van der Waals surface area (Å²) in [5.41, 5.74) is 3.42. The van der Waals surface area contributed by atoms with Crippen molar-refractivity contribution in [3.8, 4) is 22.6 Å². The molecule has 3 rings (SSSR count). The van der Waals surface area contributed by atoms with Crippen LogP contribution in [0, 0.1) is 0 Å². The fourth-order valence-electron chi connectivity index (χ4n) is 2.70. The fourth-order valence-corrected chi connectivity index (χ4v) is 2.70. The lowest BCUT2D eigenvalue weighted by molar-refractivity contribution is 0.131. The van der Waals surface area contributed by atoms with Gasteiger partial charge in [0.1, 0.15) is 23.7 Å². The van der Waals surface area contributed by atoms with Gasteiger partial charge in [0.25, 0.3) is 0 Å². The van der Waals surface area contributed by atoms with Crippen molar-refractivity contribution in [1.29, 1.82) is 0 Å². The molecule has 0 aliphatic rings. The van der Waals surface area contributed by atoms with E-state index in [2.05, 4.69) is 54.6 Å². The van der Waals surface area contributed by atoms with Crippen molar-refractivity contribution in [1.82, 2.24) is 0 Å². The first-order valence-electron chi connectivity index (χ1n) is 9.23. The largest absolute Gasteiger partial charge is 0.490 e.